The number of aromatic nitrogens is 2. The molecule has 0 aliphatic carbocycles. The van der Waals surface area contributed by atoms with E-state index in [0.29, 0.717) is 35.0 Å². The zero-order chi connectivity index (χ0) is 21.3. The summed E-state index contributed by atoms with van der Waals surface area (Å²) in [7, 11) is 1.51. The molecule has 1 aromatic carbocycles. The Morgan fingerprint density at radius 1 is 1.31 bits per heavy atom. The van der Waals surface area contributed by atoms with Crippen LogP contribution in [-0.4, -0.2) is 46.4 Å². The van der Waals surface area contributed by atoms with E-state index in [1.165, 1.54) is 7.11 Å². The molecule has 0 radical (unpaired) electrons. The SMILES string of the molecule is COc1cc(Cl)c(C)cc1NC(=O)c1n[nH]c2c1CN(C(=O)OC(C)(C)C)CC2. The number of nitrogens with zero attached hydrogens (tertiary/aromatic N) is 2. The molecule has 0 fully saturated rings. The fraction of sp³-hybridized carbons (Fsp3) is 0.450. The van der Waals surface area contributed by atoms with Gasteiger partial charge in [-0.1, -0.05) is 11.6 Å². The number of carbonyl (C=O) groups excluding carboxylic acids is 2. The molecule has 2 N–H and O–H groups in total. The minimum atomic E-state index is -0.586. The fourth-order valence-corrected chi connectivity index (χ4v) is 3.23. The second-order valence-electron chi connectivity index (χ2n) is 7.94. The zero-order valence-electron chi connectivity index (χ0n) is 17.2. The molecule has 0 saturated heterocycles. The average Bonchev–Trinajstić information content (AvgIpc) is 3.06. The number of anilines is 1. The van der Waals surface area contributed by atoms with Gasteiger partial charge in [-0.15, -0.1) is 0 Å². The Morgan fingerprint density at radius 2 is 2.03 bits per heavy atom. The van der Waals surface area contributed by atoms with Crippen LogP contribution in [0.1, 0.15) is 48.1 Å². The van der Waals surface area contributed by atoms with E-state index < -0.39 is 17.6 Å². The number of H-pyrrole nitrogens is 1. The third-order valence-electron chi connectivity index (χ3n) is 4.53. The van der Waals surface area contributed by atoms with Gasteiger partial charge in [0.2, 0.25) is 0 Å². The molecule has 0 atom stereocenters. The second kappa shape index (κ2) is 7.94. The Morgan fingerprint density at radius 3 is 2.69 bits per heavy atom. The largest absolute Gasteiger partial charge is 0.495 e. The van der Waals surface area contributed by atoms with E-state index in [-0.39, 0.29) is 12.2 Å². The molecule has 1 aliphatic rings. The number of amides is 2. The third kappa shape index (κ3) is 4.64. The molecule has 2 amide bonds. The van der Waals surface area contributed by atoms with Gasteiger partial charge in [0, 0.05) is 35.3 Å². The van der Waals surface area contributed by atoms with Crippen LogP contribution >= 0.6 is 11.6 Å². The molecule has 3 rings (SSSR count). The predicted molar refractivity (Wildman–Crippen MR) is 110 cm³/mol. The highest BCUT2D eigenvalue weighted by Crippen LogP contribution is 2.32. The number of aryl methyl sites for hydroxylation is 1. The van der Waals surface area contributed by atoms with Gasteiger partial charge in [0.15, 0.2) is 5.69 Å². The van der Waals surface area contributed by atoms with Gasteiger partial charge < -0.3 is 19.7 Å². The number of methoxy groups -OCH3 is 1. The number of carbonyl (C=O) groups is 2. The lowest BCUT2D eigenvalue weighted by Crippen LogP contribution is -2.40. The maximum absolute atomic E-state index is 12.9. The summed E-state index contributed by atoms with van der Waals surface area (Å²) in [6.45, 7) is 8.04. The molecule has 0 bridgehead atoms. The summed E-state index contributed by atoms with van der Waals surface area (Å²) >= 11 is 6.13. The molecular formula is C20H25ClN4O4. The maximum Gasteiger partial charge on any atom is 0.410 e. The van der Waals surface area contributed by atoms with E-state index in [2.05, 4.69) is 15.5 Å². The maximum atomic E-state index is 12.9. The van der Waals surface area contributed by atoms with Crippen molar-refractivity contribution in [2.75, 3.05) is 19.0 Å². The van der Waals surface area contributed by atoms with Crippen LogP contribution in [0.15, 0.2) is 12.1 Å². The van der Waals surface area contributed by atoms with Crippen LogP contribution in [-0.2, 0) is 17.7 Å². The first-order valence-corrected chi connectivity index (χ1v) is 9.66. The highest BCUT2D eigenvalue weighted by atomic mass is 35.5. The molecule has 156 valence electrons. The molecule has 0 unspecified atom stereocenters. The van der Waals surface area contributed by atoms with Crippen LogP contribution in [0.25, 0.3) is 0 Å². The van der Waals surface area contributed by atoms with Gasteiger partial charge >= 0.3 is 6.09 Å². The summed E-state index contributed by atoms with van der Waals surface area (Å²) in [5.74, 6) is 0.0577. The minimum Gasteiger partial charge on any atom is -0.495 e. The Labute approximate surface area is 174 Å². The number of rotatable bonds is 3. The molecular weight excluding hydrogens is 396 g/mol. The quantitative estimate of drug-likeness (QED) is 0.784. The summed E-state index contributed by atoms with van der Waals surface area (Å²) in [5.41, 5.74) is 2.48. The molecule has 0 spiro atoms. The molecule has 1 aromatic heterocycles. The number of benzene rings is 1. The zero-order valence-corrected chi connectivity index (χ0v) is 17.9. The third-order valence-corrected chi connectivity index (χ3v) is 4.94. The summed E-state index contributed by atoms with van der Waals surface area (Å²) < 4.78 is 10.8. The van der Waals surface area contributed by atoms with Crippen LogP contribution in [0.5, 0.6) is 5.75 Å². The second-order valence-corrected chi connectivity index (χ2v) is 8.34. The Hall–Kier alpha value is -2.74. The highest BCUT2D eigenvalue weighted by Gasteiger charge is 2.30. The number of nitrogens with one attached hydrogen (secondary N) is 2. The Kier molecular flexibility index (Phi) is 5.75. The van der Waals surface area contributed by atoms with E-state index in [1.807, 2.05) is 27.7 Å². The number of fused-ring (bicyclic) bond motifs is 1. The molecule has 0 saturated carbocycles. The normalized spacial score (nSPS) is 13.7. The van der Waals surface area contributed by atoms with Gasteiger partial charge in [0.1, 0.15) is 11.4 Å². The van der Waals surface area contributed by atoms with Crippen LogP contribution in [0.4, 0.5) is 10.5 Å². The van der Waals surface area contributed by atoms with Crippen molar-refractivity contribution in [3.05, 3.63) is 39.7 Å². The number of halogens is 1. The standard InChI is InChI=1S/C20H25ClN4O4/c1-11-8-15(16(28-5)9-13(11)21)22-18(26)17-12-10-25(7-6-14(12)23-24-17)19(27)29-20(2,3)4/h8-9H,6-7,10H2,1-5H3,(H,22,26)(H,23,24). The number of hydrogen-bond donors (Lipinski definition) is 2. The smallest absolute Gasteiger partial charge is 0.410 e. The lowest BCUT2D eigenvalue weighted by atomic mass is 10.1. The van der Waals surface area contributed by atoms with Gasteiger partial charge in [0.25, 0.3) is 5.91 Å². The lowest BCUT2D eigenvalue weighted by molar-refractivity contribution is 0.0222. The first-order valence-electron chi connectivity index (χ1n) is 9.28. The van der Waals surface area contributed by atoms with E-state index in [1.54, 1.807) is 17.0 Å². The van der Waals surface area contributed by atoms with Crippen LogP contribution in [0, 0.1) is 6.92 Å². The van der Waals surface area contributed by atoms with E-state index in [9.17, 15) is 9.59 Å². The topological polar surface area (TPSA) is 96.5 Å². The molecule has 1 aliphatic heterocycles. The Bertz CT molecular complexity index is 949. The van der Waals surface area contributed by atoms with Gasteiger partial charge in [-0.05, 0) is 39.3 Å². The van der Waals surface area contributed by atoms with Crippen LogP contribution in [0.3, 0.4) is 0 Å². The molecule has 8 nitrogen and oxygen atoms in total. The van der Waals surface area contributed by atoms with Crippen LogP contribution < -0.4 is 10.1 Å². The van der Waals surface area contributed by atoms with Crippen molar-refractivity contribution in [1.29, 1.82) is 0 Å². The molecule has 2 aromatic rings. The first kappa shape index (κ1) is 21.0. The van der Waals surface area contributed by atoms with Gasteiger partial charge in [0.05, 0.1) is 19.3 Å². The predicted octanol–water partition coefficient (Wildman–Crippen LogP) is 3.93. The Balaban J connectivity index is 1.81. The van der Waals surface area contributed by atoms with Gasteiger partial charge in [-0.2, -0.15) is 5.10 Å². The molecule has 9 heteroatoms. The van der Waals surface area contributed by atoms with Crippen molar-refractivity contribution in [3.8, 4) is 5.75 Å². The van der Waals surface area contributed by atoms with Gasteiger partial charge in [-0.25, -0.2) is 4.79 Å². The van der Waals surface area contributed by atoms with Crippen molar-refractivity contribution < 1.29 is 19.1 Å². The summed E-state index contributed by atoms with van der Waals surface area (Å²) in [5, 5.41) is 10.5. The number of hydrogen-bond acceptors (Lipinski definition) is 5. The van der Waals surface area contributed by atoms with Crippen molar-refractivity contribution in [2.24, 2.45) is 0 Å². The minimum absolute atomic E-state index is 0.239. The lowest BCUT2D eigenvalue weighted by Gasteiger charge is -2.30. The monoisotopic (exact) mass is 420 g/mol. The van der Waals surface area contributed by atoms with E-state index in [0.717, 1.165) is 11.3 Å². The van der Waals surface area contributed by atoms with E-state index >= 15 is 0 Å². The summed E-state index contributed by atoms with van der Waals surface area (Å²) in [6.07, 6.45) is 0.156. The fourth-order valence-electron chi connectivity index (χ4n) is 3.08. The van der Waals surface area contributed by atoms with Crippen LogP contribution in [0.2, 0.25) is 5.02 Å². The average molecular weight is 421 g/mol. The summed E-state index contributed by atoms with van der Waals surface area (Å²) in [4.78, 5) is 26.9. The van der Waals surface area contributed by atoms with Crippen molar-refractivity contribution in [1.82, 2.24) is 15.1 Å². The van der Waals surface area contributed by atoms with Gasteiger partial charge in [-0.3, -0.25) is 9.89 Å². The first-order chi connectivity index (χ1) is 13.6. The number of ether oxygens (including phenoxy) is 2. The molecule has 2 heterocycles. The summed E-state index contributed by atoms with van der Waals surface area (Å²) in [6, 6.07) is 3.39. The highest BCUT2D eigenvalue weighted by molar-refractivity contribution is 6.31. The van der Waals surface area contributed by atoms with Crippen molar-refractivity contribution >= 4 is 29.3 Å². The van der Waals surface area contributed by atoms with E-state index in [4.69, 9.17) is 21.1 Å². The van der Waals surface area contributed by atoms with Crippen molar-refractivity contribution in [2.45, 2.75) is 46.3 Å². The molecule has 29 heavy (non-hydrogen) atoms. The van der Waals surface area contributed by atoms with Crippen molar-refractivity contribution in [3.63, 3.8) is 0 Å². The number of aromatic amines is 1.